The van der Waals surface area contributed by atoms with Gasteiger partial charge in [0.15, 0.2) is 0 Å². The second kappa shape index (κ2) is 6.50. The van der Waals surface area contributed by atoms with Crippen molar-refractivity contribution in [3.8, 4) is 5.75 Å². The van der Waals surface area contributed by atoms with Crippen molar-refractivity contribution in [2.45, 2.75) is 12.5 Å². The molecule has 1 unspecified atom stereocenters. The predicted molar refractivity (Wildman–Crippen MR) is 64.1 cm³/mol. The van der Waals surface area contributed by atoms with Crippen LogP contribution in [-0.4, -0.2) is 40.6 Å². The van der Waals surface area contributed by atoms with Gasteiger partial charge in [-0.3, -0.25) is 9.59 Å². The van der Waals surface area contributed by atoms with Gasteiger partial charge >= 0.3 is 11.9 Å². The molecule has 0 aliphatic carbocycles. The Balaban J connectivity index is 2.71. The number of carboxylic acids is 2. The fourth-order valence-electron chi connectivity index (χ4n) is 1.31. The van der Waals surface area contributed by atoms with Crippen LogP contribution in [0.2, 0.25) is 0 Å². The Morgan fingerprint density at radius 2 is 1.84 bits per heavy atom. The lowest BCUT2D eigenvalue weighted by atomic mass is 10.1. The van der Waals surface area contributed by atoms with Crippen LogP contribution < -0.4 is 10.5 Å². The van der Waals surface area contributed by atoms with Crippen LogP contribution in [0, 0.1) is 0 Å². The number of ketones is 1. The van der Waals surface area contributed by atoms with E-state index in [4.69, 9.17) is 20.7 Å². The van der Waals surface area contributed by atoms with E-state index in [0.717, 1.165) is 0 Å². The zero-order valence-electron chi connectivity index (χ0n) is 9.91. The predicted octanol–water partition coefficient (Wildman–Crippen LogP) is 0.135. The number of Topliss-reactive ketones (excluding diaryl/α,β-unsaturated/α-hetero) is 1. The maximum absolute atomic E-state index is 11.4. The van der Waals surface area contributed by atoms with E-state index in [1.165, 1.54) is 18.2 Å². The molecule has 7 heteroatoms. The maximum Gasteiger partial charge on any atom is 0.377 e. The van der Waals surface area contributed by atoms with Gasteiger partial charge in [0.25, 0.3) is 5.78 Å². The molecule has 0 heterocycles. The first-order valence-electron chi connectivity index (χ1n) is 5.41. The minimum Gasteiger partial charge on any atom is -0.493 e. The molecule has 19 heavy (non-hydrogen) atoms. The highest BCUT2D eigenvalue weighted by Crippen LogP contribution is 2.18. The highest BCUT2D eigenvalue weighted by molar-refractivity contribution is 6.40. The quantitative estimate of drug-likeness (QED) is 0.473. The van der Waals surface area contributed by atoms with E-state index in [0.29, 0.717) is 0 Å². The number of benzene rings is 1. The van der Waals surface area contributed by atoms with Crippen LogP contribution in [0.4, 0.5) is 0 Å². The van der Waals surface area contributed by atoms with Gasteiger partial charge in [0.2, 0.25) is 0 Å². The minimum absolute atomic E-state index is 0.0304. The fourth-order valence-corrected chi connectivity index (χ4v) is 1.31. The number of para-hydroxylation sites is 1. The first-order chi connectivity index (χ1) is 8.93. The molecule has 0 spiro atoms. The Morgan fingerprint density at radius 1 is 1.21 bits per heavy atom. The number of carbonyl (C=O) groups excluding carboxylic acids is 1. The molecule has 0 fully saturated rings. The third kappa shape index (κ3) is 4.07. The molecule has 0 saturated carbocycles. The molecule has 7 nitrogen and oxygen atoms in total. The first-order valence-corrected chi connectivity index (χ1v) is 5.41. The summed E-state index contributed by atoms with van der Waals surface area (Å²) in [5.41, 5.74) is 5.20. The van der Waals surface area contributed by atoms with Crippen molar-refractivity contribution in [1.29, 1.82) is 0 Å². The Kier molecular flexibility index (Phi) is 5.01. The Hall–Kier alpha value is -2.41. The average Bonchev–Trinajstić information content (AvgIpc) is 2.38. The zero-order valence-corrected chi connectivity index (χ0v) is 9.91. The van der Waals surface area contributed by atoms with Crippen molar-refractivity contribution < 1.29 is 29.3 Å². The van der Waals surface area contributed by atoms with Gasteiger partial charge in [-0.15, -0.1) is 0 Å². The second-order valence-corrected chi connectivity index (χ2v) is 3.71. The highest BCUT2D eigenvalue weighted by atomic mass is 16.5. The number of rotatable bonds is 7. The third-order valence-corrected chi connectivity index (χ3v) is 2.33. The van der Waals surface area contributed by atoms with Crippen LogP contribution in [0.15, 0.2) is 24.3 Å². The smallest absolute Gasteiger partial charge is 0.377 e. The van der Waals surface area contributed by atoms with Crippen LogP contribution in [-0.2, 0) is 9.59 Å². The Morgan fingerprint density at radius 3 is 2.42 bits per heavy atom. The van der Waals surface area contributed by atoms with Crippen molar-refractivity contribution >= 4 is 17.7 Å². The van der Waals surface area contributed by atoms with E-state index in [-0.39, 0.29) is 24.3 Å². The lowest BCUT2D eigenvalue weighted by molar-refractivity contribution is -0.138. The molecule has 1 atom stereocenters. The molecule has 0 radical (unpaired) electrons. The summed E-state index contributed by atoms with van der Waals surface area (Å²) in [6.07, 6.45) is 0.0466. The molecule has 0 aromatic heterocycles. The van der Waals surface area contributed by atoms with Gasteiger partial charge in [-0.2, -0.15) is 0 Å². The summed E-state index contributed by atoms with van der Waals surface area (Å²) >= 11 is 0. The molecule has 1 rings (SSSR count). The Labute approximate surface area is 108 Å². The van der Waals surface area contributed by atoms with Crippen molar-refractivity contribution in [3.05, 3.63) is 29.8 Å². The average molecular weight is 267 g/mol. The van der Waals surface area contributed by atoms with Crippen LogP contribution in [0.1, 0.15) is 16.8 Å². The lowest BCUT2D eigenvalue weighted by Gasteiger charge is -2.11. The second-order valence-electron chi connectivity index (χ2n) is 3.71. The maximum atomic E-state index is 11.4. The summed E-state index contributed by atoms with van der Waals surface area (Å²) in [4.78, 5) is 32.5. The number of carbonyl (C=O) groups is 3. The summed E-state index contributed by atoms with van der Waals surface area (Å²) in [7, 11) is 0. The van der Waals surface area contributed by atoms with Crippen molar-refractivity contribution in [3.63, 3.8) is 0 Å². The number of hydrogen-bond acceptors (Lipinski definition) is 5. The van der Waals surface area contributed by atoms with E-state index in [9.17, 15) is 14.4 Å². The largest absolute Gasteiger partial charge is 0.493 e. The SMILES string of the molecule is NC(CCOc1ccccc1C(=O)C(=O)O)C(=O)O. The number of carboxylic acid groups (broad SMARTS) is 2. The molecule has 0 aliphatic rings. The first kappa shape index (κ1) is 14.7. The van der Waals surface area contributed by atoms with Crippen LogP contribution in [0.25, 0.3) is 0 Å². The van der Waals surface area contributed by atoms with E-state index in [2.05, 4.69) is 0 Å². The molecular weight excluding hydrogens is 254 g/mol. The molecule has 1 aromatic carbocycles. The topological polar surface area (TPSA) is 127 Å². The molecule has 0 amide bonds. The van der Waals surface area contributed by atoms with E-state index < -0.39 is 23.8 Å². The summed E-state index contributed by atoms with van der Waals surface area (Å²) < 4.78 is 5.20. The molecule has 4 N–H and O–H groups in total. The summed E-state index contributed by atoms with van der Waals surface area (Å²) in [6.45, 7) is -0.0304. The van der Waals surface area contributed by atoms with E-state index >= 15 is 0 Å². The number of nitrogens with two attached hydrogens (primary N) is 1. The minimum atomic E-state index is -1.58. The van der Waals surface area contributed by atoms with Crippen LogP contribution >= 0.6 is 0 Å². The van der Waals surface area contributed by atoms with Gasteiger partial charge in [0.1, 0.15) is 11.8 Å². The standard InChI is InChI=1S/C12H13NO6/c13-8(11(15)16)5-6-19-9-4-2-1-3-7(9)10(14)12(17)18/h1-4,8H,5-6,13H2,(H,15,16)(H,17,18). The number of ether oxygens (including phenoxy) is 1. The van der Waals surface area contributed by atoms with Gasteiger partial charge in [-0.05, 0) is 12.1 Å². The summed E-state index contributed by atoms with van der Waals surface area (Å²) in [5.74, 6) is -3.73. The van der Waals surface area contributed by atoms with E-state index in [1.54, 1.807) is 6.07 Å². The monoisotopic (exact) mass is 267 g/mol. The van der Waals surface area contributed by atoms with Crippen molar-refractivity contribution in [2.24, 2.45) is 5.73 Å². The lowest BCUT2D eigenvalue weighted by Crippen LogP contribution is -2.31. The van der Waals surface area contributed by atoms with Gasteiger partial charge in [0.05, 0.1) is 12.2 Å². The van der Waals surface area contributed by atoms with Gasteiger partial charge in [-0.1, -0.05) is 12.1 Å². The number of aliphatic carboxylic acids is 2. The number of hydrogen-bond donors (Lipinski definition) is 3. The molecule has 0 saturated heterocycles. The van der Waals surface area contributed by atoms with Crippen molar-refractivity contribution in [1.82, 2.24) is 0 Å². The molecule has 0 bridgehead atoms. The van der Waals surface area contributed by atoms with Gasteiger partial charge in [-0.25, -0.2) is 4.79 Å². The summed E-state index contributed by atoms with van der Waals surface area (Å²) in [5, 5.41) is 17.2. The molecular formula is C12H13NO6. The van der Waals surface area contributed by atoms with Crippen molar-refractivity contribution in [2.75, 3.05) is 6.61 Å². The summed E-state index contributed by atoms with van der Waals surface area (Å²) in [6, 6.07) is 4.77. The normalized spacial score (nSPS) is 11.6. The molecule has 0 aliphatic heterocycles. The molecule has 1 aromatic rings. The van der Waals surface area contributed by atoms with Gasteiger partial charge < -0.3 is 20.7 Å². The van der Waals surface area contributed by atoms with E-state index in [1.807, 2.05) is 0 Å². The Bertz CT molecular complexity index is 499. The third-order valence-electron chi connectivity index (χ3n) is 2.33. The van der Waals surface area contributed by atoms with Crippen LogP contribution in [0.3, 0.4) is 0 Å². The zero-order chi connectivity index (χ0) is 14.4. The molecule has 102 valence electrons. The van der Waals surface area contributed by atoms with Crippen LogP contribution in [0.5, 0.6) is 5.75 Å². The highest BCUT2D eigenvalue weighted by Gasteiger charge is 2.19. The fraction of sp³-hybridized carbons (Fsp3) is 0.250. The van der Waals surface area contributed by atoms with Gasteiger partial charge in [0, 0.05) is 6.42 Å².